The van der Waals surface area contributed by atoms with Crippen LogP contribution in [0.4, 0.5) is 0 Å². The summed E-state index contributed by atoms with van der Waals surface area (Å²) in [6.45, 7) is 5.09. The van der Waals surface area contributed by atoms with Crippen molar-refractivity contribution in [3.63, 3.8) is 0 Å². The van der Waals surface area contributed by atoms with Crippen LogP contribution in [-0.2, 0) is 10.0 Å². The Hall–Kier alpha value is -1.07. The number of methoxy groups -OCH3 is 1. The number of sulfonamides is 1. The summed E-state index contributed by atoms with van der Waals surface area (Å²) in [5.74, 6) is 0.439. The fourth-order valence-corrected chi connectivity index (χ4v) is 4.11. The molecule has 0 aromatic heterocycles. The van der Waals surface area contributed by atoms with Gasteiger partial charge < -0.3 is 4.74 Å². The van der Waals surface area contributed by atoms with Gasteiger partial charge in [-0.25, -0.2) is 8.42 Å². The molecule has 106 valence electrons. The van der Waals surface area contributed by atoms with E-state index >= 15 is 0 Å². The first-order valence-electron chi connectivity index (χ1n) is 6.62. The topological polar surface area (TPSA) is 46.6 Å². The van der Waals surface area contributed by atoms with Gasteiger partial charge in [-0.3, -0.25) is 0 Å². The minimum Gasteiger partial charge on any atom is -0.495 e. The van der Waals surface area contributed by atoms with E-state index in [0.717, 1.165) is 30.4 Å². The Morgan fingerprint density at radius 3 is 2.21 bits per heavy atom. The van der Waals surface area contributed by atoms with Crippen molar-refractivity contribution in [2.75, 3.05) is 20.2 Å². The number of nitrogens with zero attached hydrogens (tertiary/aromatic N) is 1. The summed E-state index contributed by atoms with van der Waals surface area (Å²) in [6, 6.07) is 3.52. The fourth-order valence-electron chi connectivity index (χ4n) is 2.37. The van der Waals surface area contributed by atoms with E-state index in [1.807, 2.05) is 13.8 Å². The number of hydrogen-bond donors (Lipinski definition) is 0. The summed E-state index contributed by atoms with van der Waals surface area (Å²) in [6.07, 6.45) is 2.98. The van der Waals surface area contributed by atoms with Crippen LogP contribution in [-0.4, -0.2) is 32.9 Å². The molecule has 0 aliphatic carbocycles. The second-order valence-corrected chi connectivity index (χ2v) is 6.96. The monoisotopic (exact) mass is 283 g/mol. The van der Waals surface area contributed by atoms with Crippen LogP contribution in [0.1, 0.15) is 30.4 Å². The quantitative estimate of drug-likeness (QED) is 0.856. The maximum absolute atomic E-state index is 12.7. The largest absolute Gasteiger partial charge is 0.495 e. The summed E-state index contributed by atoms with van der Waals surface area (Å²) in [5, 5.41) is 0. The van der Waals surface area contributed by atoms with Crippen LogP contribution in [0.25, 0.3) is 0 Å². The highest BCUT2D eigenvalue weighted by molar-refractivity contribution is 7.89. The van der Waals surface area contributed by atoms with Gasteiger partial charge in [-0.05, 0) is 49.9 Å². The smallest absolute Gasteiger partial charge is 0.246 e. The number of ether oxygens (including phenoxy) is 1. The lowest BCUT2D eigenvalue weighted by atomic mass is 10.1. The Bertz CT molecular complexity index is 560. The molecule has 0 amide bonds. The van der Waals surface area contributed by atoms with Crippen molar-refractivity contribution in [1.82, 2.24) is 4.31 Å². The van der Waals surface area contributed by atoms with Crippen molar-refractivity contribution in [2.24, 2.45) is 0 Å². The van der Waals surface area contributed by atoms with Crippen LogP contribution < -0.4 is 4.74 Å². The molecule has 19 heavy (non-hydrogen) atoms. The molecular formula is C14H21NO3S. The molecule has 4 nitrogen and oxygen atoms in total. The second kappa shape index (κ2) is 5.51. The highest BCUT2D eigenvalue weighted by atomic mass is 32.2. The van der Waals surface area contributed by atoms with Gasteiger partial charge in [-0.2, -0.15) is 4.31 Å². The normalized spacial score (nSPS) is 17.4. The van der Waals surface area contributed by atoms with Crippen LogP contribution >= 0.6 is 0 Å². The van der Waals surface area contributed by atoms with E-state index in [1.165, 1.54) is 7.11 Å². The van der Waals surface area contributed by atoms with E-state index in [1.54, 1.807) is 16.4 Å². The number of benzene rings is 1. The molecule has 0 unspecified atom stereocenters. The Morgan fingerprint density at radius 1 is 1.05 bits per heavy atom. The molecule has 1 fully saturated rings. The molecule has 0 spiro atoms. The zero-order valence-corrected chi connectivity index (χ0v) is 12.6. The molecule has 0 radical (unpaired) electrons. The Kier molecular flexibility index (Phi) is 4.16. The predicted octanol–water partition coefficient (Wildman–Crippen LogP) is 2.49. The van der Waals surface area contributed by atoms with Crippen molar-refractivity contribution in [1.29, 1.82) is 0 Å². The maximum Gasteiger partial charge on any atom is 0.246 e. The number of aryl methyl sites for hydroxylation is 2. The van der Waals surface area contributed by atoms with Crippen molar-refractivity contribution in [3.8, 4) is 5.75 Å². The van der Waals surface area contributed by atoms with Crippen molar-refractivity contribution in [3.05, 3.63) is 23.3 Å². The first kappa shape index (κ1) is 14.3. The summed E-state index contributed by atoms with van der Waals surface area (Å²) in [7, 11) is -1.92. The summed E-state index contributed by atoms with van der Waals surface area (Å²) < 4.78 is 32.2. The highest BCUT2D eigenvalue weighted by Gasteiger charge is 2.29. The van der Waals surface area contributed by atoms with Gasteiger partial charge >= 0.3 is 0 Å². The molecule has 0 N–H and O–H groups in total. The van der Waals surface area contributed by atoms with E-state index in [0.29, 0.717) is 23.7 Å². The van der Waals surface area contributed by atoms with Gasteiger partial charge in [0.1, 0.15) is 10.6 Å². The van der Waals surface area contributed by atoms with Crippen molar-refractivity contribution < 1.29 is 13.2 Å². The van der Waals surface area contributed by atoms with Gasteiger partial charge in [-0.1, -0.05) is 6.42 Å². The zero-order valence-electron chi connectivity index (χ0n) is 11.8. The standard InChI is InChI=1S/C14H21NO3S/c1-11-9-13(18-3)14(10-12(11)2)19(16,17)15-7-5-4-6-8-15/h9-10H,4-8H2,1-3H3. The van der Waals surface area contributed by atoms with Crippen LogP contribution in [0.2, 0.25) is 0 Å². The molecule has 0 bridgehead atoms. The van der Waals surface area contributed by atoms with Gasteiger partial charge in [0.2, 0.25) is 10.0 Å². The molecule has 1 saturated heterocycles. The van der Waals surface area contributed by atoms with E-state index in [-0.39, 0.29) is 0 Å². The van der Waals surface area contributed by atoms with Gasteiger partial charge in [-0.15, -0.1) is 0 Å². The predicted molar refractivity (Wildman–Crippen MR) is 75.1 cm³/mol. The van der Waals surface area contributed by atoms with Crippen molar-refractivity contribution in [2.45, 2.75) is 38.0 Å². The molecule has 1 aromatic carbocycles. The van der Waals surface area contributed by atoms with E-state index in [4.69, 9.17) is 4.74 Å². The van der Waals surface area contributed by atoms with Crippen LogP contribution in [0, 0.1) is 13.8 Å². The third-order valence-corrected chi connectivity index (χ3v) is 5.63. The molecule has 1 aliphatic heterocycles. The summed E-state index contributed by atoms with van der Waals surface area (Å²) in [4.78, 5) is 0.292. The number of rotatable bonds is 3. The van der Waals surface area contributed by atoms with Crippen molar-refractivity contribution >= 4 is 10.0 Å². The second-order valence-electron chi connectivity index (χ2n) is 5.05. The Balaban J connectivity index is 2.47. The fraction of sp³-hybridized carbons (Fsp3) is 0.571. The Labute approximate surface area is 115 Å². The van der Waals surface area contributed by atoms with Gasteiger partial charge in [0.05, 0.1) is 7.11 Å². The molecular weight excluding hydrogens is 262 g/mol. The SMILES string of the molecule is COc1cc(C)c(C)cc1S(=O)(=O)N1CCCCC1. The van der Waals surface area contributed by atoms with Crippen LogP contribution in [0.15, 0.2) is 17.0 Å². The molecule has 2 rings (SSSR count). The third kappa shape index (κ3) is 2.77. The van der Waals surface area contributed by atoms with Gasteiger partial charge in [0, 0.05) is 13.1 Å². The average molecular weight is 283 g/mol. The minimum atomic E-state index is -3.44. The van der Waals surface area contributed by atoms with Gasteiger partial charge in [0.15, 0.2) is 0 Å². The molecule has 0 saturated carbocycles. The Morgan fingerprint density at radius 2 is 1.63 bits per heavy atom. The van der Waals surface area contributed by atoms with Crippen LogP contribution in [0.3, 0.4) is 0 Å². The zero-order chi connectivity index (χ0) is 14.0. The van der Waals surface area contributed by atoms with E-state index in [9.17, 15) is 8.42 Å². The molecule has 1 aromatic rings. The maximum atomic E-state index is 12.7. The average Bonchev–Trinajstić information content (AvgIpc) is 2.42. The van der Waals surface area contributed by atoms with E-state index in [2.05, 4.69) is 0 Å². The lowest BCUT2D eigenvalue weighted by Crippen LogP contribution is -2.35. The lowest BCUT2D eigenvalue weighted by Gasteiger charge is -2.26. The first-order valence-corrected chi connectivity index (χ1v) is 8.06. The minimum absolute atomic E-state index is 0.292. The number of hydrogen-bond acceptors (Lipinski definition) is 3. The molecule has 5 heteroatoms. The number of piperidine rings is 1. The lowest BCUT2D eigenvalue weighted by molar-refractivity contribution is 0.342. The molecule has 1 heterocycles. The third-order valence-electron chi connectivity index (χ3n) is 3.71. The molecule has 0 atom stereocenters. The summed E-state index contributed by atoms with van der Waals surface area (Å²) >= 11 is 0. The van der Waals surface area contributed by atoms with Crippen LogP contribution in [0.5, 0.6) is 5.75 Å². The highest BCUT2D eigenvalue weighted by Crippen LogP contribution is 2.30. The first-order chi connectivity index (χ1) is 8.96. The summed E-state index contributed by atoms with van der Waals surface area (Å²) in [5.41, 5.74) is 2.01. The molecule has 1 aliphatic rings. The van der Waals surface area contributed by atoms with Gasteiger partial charge in [0.25, 0.3) is 0 Å². The van der Waals surface area contributed by atoms with E-state index < -0.39 is 10.0 Å².